The summed E-state index contributed by atoms with van der Waals surface area (Å²) in [4.78, 5) is 16.7. The summed E-state index contributed by atoms with van der Waals surface area (Å²) >= 11 is 1.74. The summed E-state index contributed by atoms with van der Waals surface area (Å²) in [6, 6.07) is 8.40. The molecule has 1 heterocycles. The van der Waals surface area contributed by atoms with E-state index in [0.29, 0.717) is 19.5 Å². The largest absolute Gasteiger partial charge is 0.355 e. The van der Waals surface area contributed by atoms with Crippen LogP contribution >= 0.6 is 11.8 Å². The number of benzene rings is 1. The lowest BCUT2D eigenvalue weighted by molar-refractivity contribution is -0.121. The topological polar surface area (TPSA) is 59.8 Å². The fraction of sp³-hybridized carbons (Fsp3) is 0.357. The van der Waals surface area contributed by atoms with Crippen LogP contribution in [0.15, 0.2) is 41.8 Å². The van der Waals surface area contributed by atoms with E-state index in [2.05, 4.69) is 46.6 Å². The maximum atomic E-state index is 11.6. The number of hydrogen-bond acceptors (Lipinski definition) is 4. The van der Waals surface area contributed by atoms with E-state index in [1.807, 2.05) is 0 Å². The third-order valence-electron chi connectivity index (χ3n) is 2.75. The molecule has 0 saturated carbocycles. The Bertz CT molecular complexity index is 525. The van der Waals surface area contributed by atoms with Gasteiger partial charge in [0.05, 0.1) is 6.54 Å². The van der Waals surface area contributed by atoms with Crippen molar-refractivity contribution >= 4 is 17.7 Å². The highest BCUT2D eigenvalue weighted by molar-refractivity contribution is 7.99. The van der Waals surface area contributed by atoms with Gasteiger partial charge < -0.3 is 5.32 Å². The van der Waals surface area contributed by atoms with E-state index in [1.54, 1.807) is 22.8 Å². The zero-order chi connectivity index (χ0) is 14.2. The van der Waals surface area contributed by atoms with Crippen LogP contribution in [-0.2, 0) is 11.3 Å². The van der Waals surface area contributed by atoms with Gasteiger partial charge in [-0.1, -0.05) is 17.7 Å². The Kier molecular flexibility index (Phi) is 5.61. The third kappa shape index (κ3) is 5.05. The molecule has 0 atom stereocenters. The SMILES string of the molecule is Cc1ccc(SCCNC(=O)CCn2cncn2)cc1. The van der Waals surface area contributed by atoms with Crippen LogP contribution < -0.4 is 5.32 Å². The highest BCUT2D eigenvalue weighted by Gasteiger charge is 2.02. The zero-order valence-electron chi connectivity index (χ0n) is 11.5. The summed E-state index contributed by atoms with van der Waals surface area (Å²) in [6.45, 7) is 3.31. The van der Waals surface area contributed by atoms with Crippen LogP contribution in [-0.4, -0.2) is 33.0 Å². The molecule has 5 nitrogen and oxygen atoms in total. The number of aryl methyl sites for hydroxylation is 2. The molecule has 1 aromatic heterocycles. The van der Waals surface area contributed by atoms with E-state index in [4.69, 9.17) is 0 Å². The molecule has 0 aliphatic carbocycles. The van der Waals surface area contributed by atoms with Gasteiger partial charge in [-0.25, -0.2) is 4.98 Å². The summed E-state index contributed by atoms with van der Waals surface area (Å²) < 4.78 is 1.65. The molecule has 1 N–H and O–H groups in total. The standard InChI is InChI=1S/C14H18N4OS/c1-12-2-4-13(5-3-12)20-9-7-16-14(19)6-8-18-11-15-10-17-18/h2-5,10-11H,6-9H2,1H3,(H,16,19). The molecule has 0 radical (unpaired) electrons. The van der Waals surface area contributed by atoms with E-state index in [1.165, 1.54) is 16.8 Å². The molecule has 0 fully saturated rings. The fourth-order valence-electron chi connectivity index (χ4n) is 1.65. The van der Waals surface area contributed by atoms with E-state index in [-0.39, 0.29) is 5.91 Å². The molecule has 1 aromatic carbocycles. The average Bonchev–Trinajstić information content (AvgIpc) is 2.96. The van der Waals surface area contributed by atoms with Crippen molar-refractivity contribution in [1.82, 2.24) is 20.1 Å². The molecule has 2 aromatic rings. The first-order valence-corrected chi connectivity index (χ1v) is 7.51. The Hall–Kier alpha value is -1.82. The van der Waals surface area contributed by atoms with Gasteiger partial charge in [0.2, 0.25) is 5.91 Å². The van der Waals surface area contributed by atoms with Crippen molar-refractivity contribution in [1.29, 1.82) is 0 Å². The van der Waals surface area contributed by atoms with Gasteiger partial charge in [-0.05, 0) is 19.1 Å². The molecule has 0 saturated heterocycles. The second-order valence-electron chi connectivity index (χ2n) is 4.42. The van der Waals surface area contributed by atoms with E-state index >= 15 is 0 Å². The molecular weight excluding hydrogens is 272 g/mol. The smallest absolute Gasteiger partial charge is 0.221 e. The van der Waals surface area contributed by atoms with Gasteiger partial charge in [0, 0.05) is 23.6 Å². The van der Waals surface area contributed by atoms with Gasteiger partial charge in [-0.3, -0.25) is 9.48 Å². The Morgan fingerprint density at radius 1 is 1.35 bits per heavy atom. The summed E-state index contributed by atoms with van der Waals surface area (Å²) in [5, 5.41) is 6.86. The Morgan fingerprint density at radius 2 is 2.15 bits per heavy atom. The maximum absolute atomic E-state index is 11.6. The van der Waals surface area contributed by atoms with Crippen molar-refractivity contribution in [2.75, 3.05) is 12.3 Å². The Labute approximate surface area is 122 Å². The van der Waals surface area contributed by atoms with Crippen LogP contribution in [0.25, 0.3) is 0 Å². The van der Waals surface area contributed by atoms with Crippen molar-refractivity contribution in [2.45, 2.75) is 24.8 Å². The van der Waals surface area contributed by atoms with Crippen LogP contribution in [0.4, 0.5) is 0 Å². The summed E-state index contributed by atoms with van der Waals surface area (Å²) in [6.07, 6.45) is 3.51. The molecule has 0 aliphatic rings. The predicted octanol–water partition coefficient (Wildman–Crippen LogP) is 1.89. The highest BCUT2D eigenvalue weighted by Crippen LogP contribution is 2.17. The lowest BCUT2D eigenvalue weighted by Crippen LogP contribution is -2.26. The van der Waals surface area contributed by atoms with E-state index in [0.717, 1.165) is 5.75 Å². The average molecular weight is 290 g/mol. The first-order chi connectivity index (χ1) is 9.74. The summed E-state index contributed by atoms with van der Waals surface area (Å²) in [5.74, 6) is 0.919. The number of carbonyl (C=O) groups excluding carboxylic acids is 1. The molecule has 6 heteroatoms. The molecular formula is C14H18N4OS. The van der Waals surface area contributed by atoms with Crippen molar-refractivity contribution in [3.8, 4) is 0 Å². The maximum Gasteiger partial charge on any atom is 0.221 e. The molecule has 2 rings (SSSR count). The predicted molar refractivity (Wildman–Crippen MR) is 79.6 cm³/mol. The highest BCUT2D eigenvalue weighted by atomic mass is 32.2. The first-order valence-electron chi connectivity index (χ1n) is 6.52. The second kappa shape index (κ2) is 7.69. The summed E-state index contributed by atoms with van der Waals surface area (Å²) in [7, 11) is 0. The minimum absolute atomic E-state index is 0.0463. The van der Waals surface area contributed by atoms with Crippen LogP contribution in [0.3, 0.4) is 0 Å². The zero-order valence-corrected chi connectivity index (χ0v) is 12.3. The molecule has 0 aliphatic heterocycles. The fourth-order valence-corrected chi connectivity index (χ4v) is 2.41. The number of nitrogens with one attached hydrogen (secondary N) is 1. The number of hydrogen-bond donors (Lipinski definition) is 1. The van der Waals surface area contributed by atoms with Gasteiger partial charge in [-0.2, -0.15) is 5.10 Å². The number of aromatic nitrogens is 3. The molecule has 0 bridgehead atoms. The minimum Gasteiger partial charge on any atom is -0.355 e. The van der Waals surface area contributed by atoms with Crippen LogP contribution in [0.5, 0.6) is 0 Å². The molecule has 1 amide bonds. The van der Waals surface area contributed by atoms with Crippen LogP contribution in [0.1, 0.15) is 12.0 Å². The van der Waals surface area contributed by atoms with Crippen molar-refractivity contribution < 1.29 is 4.79 Å². The number of amides is 1. The van der Waals surface area contributed by atoms with Gasteiger partial charge >= 0.3 is 0 Å². The summed E-state index contributed by atoms with van der Waals surface area (Å²) in [5.41, 5.74) is 1.26. The lowest BCUT2D eigenvalue weighted by Gasteiger charge is -2.05. The van der Waals surface area contributed by atoms with E-state index < -0.39 is 0 Å². The van der Waals surface area contributed by atoms with Gasteiger partial charge in [0.1, 0.15) is 12.7 Å². The number of carbonyl (C=O) groups is 1. The van der Waals surface area contributed by atoms with Crippen LogP contribution in [0, 0.1) is 6.92 Å². The molecule has 106 valence electrons. The second-order valence-corrected chi connectivity index (χ2v) is 5.59. The Morgan fingerprint density at radius 3 is 2.85 bits per heavy atom. The number of rotatable bonds is 7. The molecule has 20 heavy (non-hydrogen) atoms. The monoisotopic (exact) mass is 290 g/mol. The van der Waals surface area contributed by atoms with E-state index in [9.17, 15) is 4.79 Å². The first kappa shape index (κ1) is 14.6. The molecule has 0 unspecified atom stereocenters. The van der Waals surface area contributed by atoms with Gasteiger partial charge in [0.25, 0.3) is 0 Å². The molecule has 0 spiro atoms. The lowest BCUT2D eigenvalue weighted by atomic mass is 10.2. The van der Waals surface area contributed by atoms with Crippen molar-refractivity contribution in [3.05, 3.63) is 42.5 Å². The van der Waals surface area contributed by atoms with Crippen molar-refractivity contribution in [3.63, 3.8) is 0 Å². The normalized spacial score (nSPS) is 10.4. The minimum atomic E-state index is 0.0463. The van der Waals surface area contributed by atoms with Gasteiger partial charge in [0.15, 0.2) is 0 Å². The third-order valence-corrected chi connectivity index (χ3v) is 3.76. The number of nitrogens with zero attached hydrogens (tertiary/aromatic N) is 3. The quantitative estimate of drug-likeness (QED) is 0.625. The van der Waals surface area contributed by atoms with Crippen LogP contribution in [0.2, 0.25) is 0 Å². The number of thioether (sulfide) groups is 1. The van der Waals surface area contributed by atoms with Gasteiger partial charge in [-0.15, -0.1) is 11.8 Å². The van der Waals surface area contributed by atoms with Crippen molar-refractivity contribution in [2.24, 2.45) is 0 Å². The Balaban J connectivity index is 1.58.